The lowest BCUT2D eigenvalue weighted by atomic mass is 10.0. The minimum absolute atomic E-state index is 0.0655. The number of anilines is 1. The van der Waals surface area contributed by atoms with Gasteiger partial charge in [-0.2, -0.15) is 0 Å². The molecule has 0 spiro atoms. The molecule has 2 unspecified atom stereocenters. The summed E-state index contributed by atoms with van der Waals surface area (Å²) in [7, 11) is 0. The van der Waals surface area contributed by atoms with Gasteiger partial charge < -0.3 is 19.7 Å². The van der Waals surface area contributed by atoms with E-state index in [-0.39, 0.29) is 24.3 Å². The molecule has 1 aromatic heterocycles. The van der Waals surface area contributed by atoms with Crippen LogP contribution in [-0.2, 0) is 9.59 Å². The molecule has 31 heavy (non-hydrogen) atoms. The van der Waals surface area contributed by atoms with Crippen molar-refractivity contribution in [3.63, 3.8) is 0 Å². The average molecular weight is 435 g/mol. The van der Waals surface area contributed by atoms with E-state index in [0.717, 1.165) is 16.1 Å². The van der Waals surface area contributed by atoms with Crippen molar-refractivity contribution in [2.75, 3.05) is 24.7 Å². The van der Waals surface area contributed by atoms with E-state index < -0.39 is 5.92 Å². The van der Waals surface area contributed by atoms with Crippen LogP contribution in [0.4, 0.5) is 5.69 Å². The number of amides is 2. The highest BCUT2D eigenvalue weighted by molar-refractivity contribution is 7.10. The van der Waals surface area contributed by atoms with E-state index in [9.17, 15) is 9.59 Å². The number of thiophene rings is 1. The first-order chi connectivity index (χ1) is 15.2. The van der Waals surface area contributed by atoms with E-state index in [1.807, 2.05) is 66.0 Å². The van der Waals surface area contributed by atoms with Crippen molar-refractivity contribution in [1.82, 2.24) is 5.32 Å². The van der Waals surface area contributed by atoms with Crippen LogP contribution in [0.3, 0.4) is 0 Å². The third-order valence-corrected chi connectivity index (χ3v) is 6.52. The molecule has 0 saturated carbocycles. The van der Waals surface area contributed by atoms with Gasteiger partial charge in [0.05, 0.1) is 12.0 Å². The zero-order chi connectivity index (χ0) is 21.2. The summed E-state index contributed by atoms with van der Waals surface area (Å²) >= 11 is 1.60. The fourth-order valence-corrected chi connectivity index (χ4v) is 4.82. The Bertz CT molecular complexity index is 1080. The summed E-state index contributed by atoms with van der Waals surface area (Å²) in [6.07, 6.45) is 0.187. The molecule has 3 heterocycles. The number of fused-ring (bicyclic) bond motifs is 1. The van der Waals surface area contributed by atoms with E-state index >= 15 is 0 Å². The second kappa shape index (κ2) is 8.43. The smallest absolute Gasteiger partial charge is 0.227 e. The minimum atomic E-state index is -0.410. The van der Waals surface area contributed by atoms with E-state index in [2.05, 4.69) is 5.32 Å². The molecule has 1 fully saturated rings. The third kappa shape index (κ3) is 4.01. The van der Waals surface area contributed by atoms with Crippen LogP contribution in [0.15, 0.2) is 66.0 Å². The highest BCUT2D eigenvalue weighted by Crippen LogP contribution is 2.36. The second-order valence-electron chi connectivity index (χ2n) is 7.60. The molecule has 1 saturated heterocycles. The van der Waals surface area contributed by atoms with Gasteiger partial charge in [0.2, 0.25) is 11.8 Å². The van der Waals surface area contributed by atoms with Crippen molar-refractivity contribution < 1.29 is 19.1 Å². The Balaban J connectivity index is 1.33. The number of rotatable bonds is 5. The predicted octanol–water partition coefficient (Wildman–Crippen LogP) is 3.78. The Kier molecular flexibility index (Phi) is 5.34. The predicted molar refractivity (Wildman–Crippen MR) is 119 cm³/mol. The minimum Gasteiger partial charge on any atom is -0.486 e. The molecule has 2 aromatic carbocycles. The summed E-state index contributed by atoms with van der Waals surface area (Å²) in [6, 6.07) is 19.1. The van der Waals surface area contributed by atoms with Gasteiger partial charge in [0, 0.05) is 29.6 Å². The zero-order valence-corrected chi connectivity index (χ0v) is 17.6. The number of ether oxygens (including phenoxy) is 2. The van der Waals surface area contributed by atoms with Gasteiger partial charge in [0.1, 0.15) is 13.2 Å². The Labute approximate surface area is 184 Å². The van der Waals surface area contributed by atoms with Gasteiger partial charge >= 0.3 is 0 Å². The summed E-state index contributed by atoms with van der Waals surface area (Å²) in [6.45, 7) is 1.35. The summed E-state index contributed by atoms with van der Waals surface area (Å²) in [5.74, 6) is 0.718. The van der Waals surface area contributed by atoms with Crippen LogP contribution in [0.25, 0.3) is 0 Å². The lowest BCUT2D eigenvalue weighted by Crippen LogP contribution is -2.35. The van der Waals surface area contributed by atoms with Crippen molar-refractivity contribution in [2.45, 2.75) is 12.5 Å². The lowest BCUT2D eigenvalue weighted by molar-refractivity contribution is -0.126. The van der Waals surface area contributed by atoms with Crippen molar-refractivity contribution in [3.05, 3.63) is 76.5 Å². The summed E-state index contributed by atoms with van der Waals surface area (Å²) < 4.78 is 11.2. The highest BCUT2D eigenvalue weighted by Gasteiger charge is 2.36. The first kappa shape index (κ1) is 19.6. The second-order valence-corrected chi connectivity index (χ2v) is 8.58. The van der Waals surface area contributed by atoms with Crippen molar-refractivity contribution in [3.8, 4) is 11.5 Å². The standard InChI is InChI=1S/C24H22N2O4S/c27-22-13-17(15-26(22)18-8-9-19-20(14-18)30-11-10-29-19)24(28)25-23(21-7-4-12-31-21)16-5-2-1-3-6-16/h1-9,12,14,17,23H,10-11,13,15H2,(H,25,28). The molecular weight excluding hydrogens is 412 g/mol. The number of carbonyl (C=O) groups is 2. The van der Waals surface area contributed by atoms with Gasteiger partial charge in [0.25, 0.3) is 0 Å². The molecule has 7 heteroatoms. The fourth-order valence-electron chi connectivity index (χ4n) is 4.01. The molecule has 0 aliphatic carbocycles. The van der Waals surface area contributed by atoms with Crippen molar-refractivity contribution in [2.24, 2.45) is 5.92 Å². The van der Waals surface area contributed by atoms with Crippen LogP contribution in [0.5, 0.6) is 11.5 Å². The molecule has 3 aromatic rings. The van der Waals surface area contributed by atoms with Gasteiger partial charge in [-0.25, -0.2) is 0 Å². The molecule has 2 aliphatic rings. The summed E-state index contributed by atoms with van der Waals surface area (Å²) in [4.78, 5) is 28.6. The molecule has 5 rings (SSSR count). The molecule has 0 bridgehead atoms. The summed E-state index contributed by atoms with van der Waals surface area (Å²) in [5.41, 5.74) is 1.74. The van der Waals surface area contributed by atoms with Crippen molar-refractivity contribution in [1.29, 1.82) is 0 Å². The topological polar surface area (TPSA) is 67.9 Å². The van der Waals surface area contributed by atoms with Gasteiger partial charge in [0.15, 0.2) is 11.5 Å². The van der Waals surface area contributed by atoms with Crippen molar-refractivity contribution >= 4 is 28.8 Å². The number of nitrogens with zero attached hydrogens (tertiary/aromatic N) is 1. The number of hydrogen-bond donors (Lipinski definition) is 1. The first-order valence-corrected chi connectivity index (χ1v) is 11.2. The quantitative estimate of drug-likeness (QED) is 0.664. The molecule has 2 amide bonds. The molecular formula is C24H22N2O4S. The Morgan fingerprint density at radius 2 is 1.84 bits per heavy atom. The fraction of sp³-hybridized carbons (Fsp3) is 0.250. The zero-order valence-electron chi connectivity index (χ0n) is 16.8. The maximum absolute atomic E-state index is 13.1. The van der Waals surface area contributed by atoms with Crippen LogP contribution in [0.1, 0.15) is 22.9 Å². The van der Waals surface area contributed by atoms with Gasteiger partial charge in [-0.05, 0) is 29.1 Å². The first-order valence-electron chi connectivity index (χ1n) is 10.3. The maximum Gasteiger partial charge on any atom is 0.227 e. The van der Waals surface area contributed by atoms with Gasteiger partial charge in [-0.15, -0.1) is 11.3 Å². The highest BCUT2D eigenvalue weighted by atomic mass is 32.1. The normalized spacial score (nSPS) is 18.6. The Morgan fingerprint density at radius 1 is 1.03 bits per heavy atom. The molecule has 6 nitrogen and oxygen atoms in total. The molecule has 0 radical (unpaired) electrons. The molecule has 158 valence electrons. The van der Waals surface area contributed by atoms with E-state index in [1.165, 1.54) is 0 Å². The Morgan fingerprint density at radius 3 is 2.61 bits per heavy atom. The van der Waals surface area contributed by atoms with E-state index in [1.54, 1.807) is 16.2 Å². The monoisotopic (exact) mass is 434 g/mol. The number of benzene rings is 2. The van der Waals surface area contributed by atoms with E-state index in [4.69, 9.17) is 9.47 Å². The van der Waals surface area contributed by atoms with E-state index in [0.29, 0.717) is 31.3 Å². The molecule has 1 N–H and O–H groups in total. The Hall–Kier alpha value is -3.32. The van der Waals surface area contributed by atoms with Crippen LogP contribution in [0.2, 0.25) is 0 Å². The SMILES string of the molecule is O=C(NC(c1ccccc1)c1cccs1)C1CC(=O)N(c2ccc3c(c2)OCCO3)C1. The van der Waals surface area contributed by atoms with Gasteiger partial charge in [-0.1, -0.05) is 36.4 Å². The average Bonchev–Trinajstić information content (AvgIpc) is 3.48. The number of carbonyl (C=O) groups excluding carboxylic acids is 2. The van der Waals surface area contributed by atoms with Crippen LogP contribution in [-0.4, -0.2) is 31.6 Å². The summed E-state index contributed by atoms with van der Waals surface area (Å²) in [5, 5.41) is 5.17. The lowest BCUT2D eigenvalue weighted by Gasteiger charge is -2.23. The van der Waals surface area contributed by atoms with Crippen LogP contribution < -0.4 is 19.7 Å². The molecule has 2 atom stereocenters. The van der Waals surface area contributed by atoms with Crippen LogP contribution >= 0.6 is 11.3 Å². The maximum atomic E-state index is 13.1. The largest absolute Gasteiger partial charge is 0.486 e. The molecule has 2 aliphatic heterocycles. The third-order valence-electron chi connectivity index (χ3n) is 5.58. The van der Waals surface area contributed by atoms with Crippen LogP contribution in [0, 0.1) is 5.92 Å². The van der Waals surface area contributed by atoms with Gasteiger partial charge in [-0.3, -0.25) is 9.59 Å². The number of hydrogen-bond acceptors (Lipinski definition) is 5. The number of nitrogens with one attached hydrogen (secondary N) is 1.